The summed E-state index contributed by atoms with van der Waals surface area (Å²) in [6.07, 6.45) is 1.80. The molecular formula is C16H25N3O3S2. The van der Waals surface area contributed by atoms with Crippen molar-refractivity contribution in [3.05, 3.63) is 17.0 Å². The summed E-state index contributed by atoms with van der Waals surface area (Å²) in [5, 5.41) is 3.25. The van der Waals surface area contributed by atoms with Gasteiger partial charge in [-0.2, -0.15) is 4.31 Å². The quantitative estimate of drug-likeness (QED) is 0.876. The average Bonchev–Trinajstić information content (AvgIpc) is 3.06. The highest BCUT2D eigenvalue weighted by Crippen LogP contribution is 2.29. The van der Waals surface area contributed by atoms with Crippen LogP contribution in [0, 0.1) is 5.92 Å². The van der Waals surface area contributed by atoms with E-state index in [9.17, 15) is 13.2 Å². The zero-order chi connectivity index (χ0) is 17.3. The molecule has 1 aromatic heterocycles. The number of hydrogen-bond donors (Lipinski definition) is 1. The van der Waals surface area contributed by atoms with Gasteiger partial charge >= 0.3 is 0 Å². The van der Waals surface area contributed by atoms with Gasteiger partial charge in [0.2, 0.25) is 0 Å². The number of carbonyl (C=O) groups excluding carboxylic acids is 1. The first kappa shape index (κ1) is 17.8. The molecule has 1 N–H and O–H groups in total. The molecule has 8 heteroatoms. The molecule has 1 aromatic rings. The van der Waals surface area contributed by atoms with E-state index in [2.05, 4.69) is 12.2 Å². The summed E-state index contributed by atoms with van der Waals surface area (Å²) < 4.78 is 27.4. The fourth-order valence-electron chi connectivity index (χ4n) is 3.21. The van der Waals surface area contributed by atoms with Crippen LogP contribution in [0.4, 0.5) is 0 Å². The Balaban J connectivity index is 1.76. The molecule has 134 valence electrons. The monoisotopic (exact) mass is 371 g/mol. The van der Waals surface area contributed by atoms with Crippen LogP contribution in [0.15, 0.2) is 16.3 Å². The summed E-state index contributed by atoms with van der Waals surface area (Å²) in [5.41, 5.74) is 0. The lowest BCUT2D eigenvalue weighted by Crippen LogP contribution is -2.52. The van der Waals surface area contributed by atoms with E-state index in [-0.39, 0.29) is 16.2 Å². The fourth-order valence-corrected chi connectivity index (χ4v) is 6.10. The standard InChI is InChI=1S/C16H25N3O3S2/c1-12-5-8-18(9-6-12)24(21,22)15-4-3-14(23-15)16(20)19-10-7-17-11-13(19)2/h3-4,12-13,17H,5-11H2,1-2H3. The van der Waals surface area contributed by atoms with E-state index in [0.29, 0.717) is 30.4 Å². The number of amides is 1. The Morgan fingerprint density at radius 2 is 1.92 bits per heavy atom. The van der Waals surface area contributed by atoms with Crippen molar-refractivity contribution in [2.24, 2.45) is 5.92 Å². The van der Waals surface area contributed by atoms with Gasteiger partial charge in [-0.15, -0.1) is 11.3 Å². The largest absolute Gasteiger partial charge is 0.333 e. The molecule has 2 fully saturated rings. The smallest absolute Gasteiger partial charge is 0.264 e. The highest BCUT2D eigenvalue weighted by atomic mass is 32.2. The van der Waals surface area contributed by atoms with Crippen LogP contribution in [-0.2, 0) is 10.0 Å². The number of hydrogen-bond acceptors (Lipinski definition) is 5. The van der Waals surface area contributed by atoms with Crippen LogP contribution < -0.4 is 5.32 Å². The van der Waals surface area contributed by atoms with Crippen LogP contribution in [0.2, 0.25) is 0 Å². The second-order valence-corrected chi connectivity index (χ2v) is 10.0. The van der Waals surface area contributed by atoms with Crippen LogP contribution in [0.1, 0.15) is 36.4 Å². The van der Waals surface area contributed by atoms with Crippen molar-refractivity contribution in [3.8, 4) is 0 Å². The molecule has 0 saturated carbocycles. The second-order valence-electron chi connectivity index (χ2n) is 6.76. The van der Waals surface area contributed by atoms with E-state index in [4.69, 9.17) is 0 Å². The molecule has 24 heavy (non-hydrogen) atoms. The molecule has 0 radical (unpaired) electrons. The molecule has 1 atom stereocenters. The lowest BCUT2D eigenvalue weighted by Gasteiger charge is -2.33. The molecule has 3 rings (SSSR count). The summed E-state index contributed by atoms with van der Waals surface area (Å²) in [4.78, 5) is 15.0. The topological polar surface area (TPSA) is 69.7 Å². The van der Waals surface area contributed by atoms with Crippen molar-refractivity contribution in [2.45, 2.75) is 36.9 Å². The summed E-state index contributed by atoms with van der Waals surface area (Å²) in [6.45, 7) is 7.50. The zero-order valence-electron chi connectivity index (χ0n) is 14.2. The van der Waals surface area contributed by atoms with E-state index in [1.807, 2.05) is 11.8 Å². The van der Waals surface area contributed by atoms with Gasteiger partial charge in [0.05, 0.1) is 4.88 Å². The lowest BCUT2D eigenvalue weighted by atomic mass is 10.0. The minimum absolute atomic E-state index is 0.0669. The first-order valence-corrected chi connectivity index (χ1v) is 10.8. The third-order valence-corrected chi connectivity index (χ3v) is 8.33. The Kier molecular flexibility index (Phi) is 5.29. The van der Waals surface area contributed by atoms with Gasteiger partial charge in [0.1, 0.15) is 4.21 Å². The normalized spacial score (nSPS) is 24.2. The minimum Gasteiger partial charge on any atom is -0.333 e. The highest BCUT2D eigenvalue weighted by Gasteiger charge is 2.31. The summed E-state index contributed by atoms with van der Waals surface area (Å²) in [7, 11) is -3.47. The summed E-state index contributed by atoms with van der Waals surface area (Å²) in [6, 6.07) is 3.36. The molecule has 6 nitrogen and oxygen atoms in total. The van der Waals surface area contributed by atoms with Crippen LogP contribution in [-0.4, -0.2) is 62.3 Å². The molecule has 1 unspecified atom stereocenters. The maximum atomic E-state index is 12.8. The maximum Gasteiger partial charge on any atom is 0.264 e. The van der Waals surface area contributed by atoms with Crippen molar-refractivity contribution in [1.82, 2.24) is 14.5 Å². The van der Waals surface area contributed by atoms with Gasteiger partial charge in [0.15, 0.2) is 0 Å². The summed E-state index contributed by atoms with van der Waals surface area (Å²) in [5.74, 6) is 0.508. The van der Waals surface area contributed by atoms with Gasteiger partial charge in [-0.1, -0.05) is 6.92 Å². The van der Waals surface area contributed by atoms with E-state index >= 15 is 0 Å². The molecule has 0 spiro atoms. The van der Waals surface area contributed by atoms with Crippen molar-refractivity contribution in [3.63, 3.8) is 0 Å². The first-order valence-electron chi connectivity index (χ1n) is 8.51. The predicted octanol–water partition coefficient (Wildman–Crippen LogP) is 1.60. The Hall–Kier alpha value is -0.960. The van der Waals surface area contributed by atoms with Crippen molar-refractivity contribution in [2.75, 3.05) is 32.7 Å². The number of nitrogens with zero attached hydrogens (tertiary/aromatic N) is 2. The Labute approximate surface area is 147 Å². The molecule has 1 amide bonds. The molecule has 3 heterocycles. The maximum absolute atomic E-state index is 12.8. The van der Waals surface area contributed by atoms with E-state index in [1.165, 1.54) is 0 Å². The van der Waals surface area contributed by atoms with Crippen LogP contribution >= 0.6 is 11.3 Å². The fraction of sp³-hybridized carbons (Fsp3) is 0.688. The Bertz CT molecular complexity index is 693. The number of rotatable bonds is 3. The van der Waals surface area contributed by atoms with Gasteiger partial charge in [-0.05, 0) is 37.8 Å². The van der Waals surface area contributed by atoms with E-state index < -0.39 is 10.0 Å². The number of piperazine rings is 1. The van der Waals surface area contributed by atoms with Gasteiger partial charge in [-0.3, -0.25) is 4.79 Å². The molecule has 0 aromatic carbocycles. The Morgan fingerprint density at radius 3 is 2.58 bits per heavy atom. The molecule has 0 aliphatic carbocycles. The summed E-state index contributed by atoms with van der Waals surface area (Å²) >= 11 is 1.10. The highest BCUT2D eigenvalue weighted by molar-refractivity contribution is 7.91. The number of nitrogens with one attached hydrogen (secondary N) is 1. The molecule has 2 saturated heterocycles. The lowest BCUT2D eigenvalue weighted by molar-refractivity contribution is 0.0661. The zero-order valence-corrected chi connectivity index (χ0v) is 15.8. The number of thiophene rings is 1. The molecule has 0 bridgehead atoms. The third kappa shape index (κ3) is 3.51. The van der Waals surface area contributed by atoms with Crippen LogP contribution in [0.3, 0.4) is 0 Å². The van der Waals surface area contributed by atoms with E-state index in [0.717, 1.165) is 37.3 Å². The minimum atomic E-state index is -3.47. The van der Waals surface area contributed by atoms with Crippen LogP contribution in [0.5, 0.6) is 0 Å². The third-order valence-electron chi connectivity index (χ3n) is 4.89. The number of piperidine rings is 1. The predicted molar refractivity (Wildman–Crippen MR) is 94.8 cm³/mol. The van der Waals surface area contributed by atoms with Gasteiger partial charge in [0.25, 0.3) is 15.9 Å². The Morgan fingerprint density at radius 1 is 1.21 bits per heavy atom. The number of carbonyl (C=O) groups is 1. The van der Waals surface area contributed by atoms with Crippen molar-refractivity contribution < 1.29 is 13.2 Å². The molecule has 2 aliphatic heterocycles. The van der Waals surface area contributed by atoms with Crippen molar-refractivity contribution in [1.29, 1.82) is 0 Å². The van der Waals surface area contributed by atoms with Gasteiger partial charge in [0, 0.05) is 38.8 Å². The SMILES string of the molecule is CC1CCN(S(=O)(=O)c2ccc(C(=O)N3CCNCC3C)s2)CC1. The van der Waals surface area contributed by atoms with Crippen molar-refractivity contribution >= 4 is 27.3 Å². The van der Waals surface area contributed by atoms with E-state index in [1.54, 1.807) is 16.4 Å². The van der Waals surface area contributed by atoms with Gasteiger partial charge in [-0.25, -0.2) is 8.42 Å². The average molecular weight is 372 g/mol. The molecule has 2 aliphatic rings. The number of sulfonamides is 1. The van der Waals surface area contributed by atoms with Gasteiger partial charge < -0.3 is 10.2 Å². The molecular weight excluding hydrogens is 346 g/mol. The van der Waals surface area contributed by atoms with Crippen LogP contribution in [0.25, 0.3) is 0 Å². The second kappa shape index (κ2) is 7.11. The first-order chi connectivity index (χ1) is 11.4.